The van der Waals surface area contributed by atoms with E-state index in [-0.39, 0.29) is 11.6 Å². The molecular weight excluding hydrogens is 244 g/mol. The van der Waals surface area contributed by atoms with E-state index in [2.05, 4.69) is 10.3 Å². The van der Waals surface area contributed by atoms with E-state index >= 15 is 0 Å². The minimum atomic E-state index is -1.06. The van der Waals surface area contributed by atoms with Gasteiger partial charge in [0.2, 0.25) is 5.91 Å². The van der Waals surface area contributed by atoms with Gasteiger partial charge < -0.3 is 15.4 Å². The molecule has 2 rings (SSSR count). The van der Waals surface area contributed by atoms with Crippen molar-refractivity contribution in [3.05, 3.63) is 59.9 Å². The normalized spacial score (nSPS) is 10.5. The van der Waals surface area contributed by atoms with Crippen molar-refractivity contribution in [3.63, 3.8) is 0 Å². The molecule has 1 amide bonds. The molecule has 0 saturated heterocycles. The van der Waals surface area contributed by atoms with Crippen LogP contribution in [0.2, 0.25) is 0 Å². The summed E-state index contributed by atoms with van der Waals surface area (Å²) in [6.07, 6.45) is 4.26. The van der Waals surface area contributed by atoms with Crippen molar-refractivity contribution in [1.29, 1.82) is 0 Å². The molecule has 0 radical (unpaired) electrons. The minimum Gasteiger partial charge on any atom is -0.477 e. The third-order valence-corrected chi connectivity index (χ3v) is 2.45. The number of amides is 1. The van der Waals surface area contributed by atoms with Crippen molar-refractivity contribution in [2.24, 2.45) is 0 Å². The molecule has 3 N–H and O–H groups in total. The van der Waals surface area contributed by atoms with Gasteiger partial charge in [-0.3, -0.25) is 4.79 Å². The number of aromatic amines is 1. The maximum atomic E-state index is 11.6. The van der Waals surface area contributed by atoms with Crippen LogP contribution in [0.1, 0.15) is 16.1 Å². The monoisotopic (exact) mass is 256 g/mol. The van der Waals surface area contributed by atoms with Crippen molar-refractivity contribution in [1.82, 2.24) is 4.98 Å². The van der Waals surface area contributed by atoms with E-state index in [0.29, 0.717) is 11.3 Å². The smallest absolute Gasteiger partial charge is 0.352 e. The average Bonchev–Trinajstić information content (AvgIpc) is 2.86. The zero-order valence-corrected chi connectivity index (χ0v) is 9.96. The molecule has 2 aromatic rings. The van der Waals surface area contributed by atoms with Crippen LogP contribution in [0.4, 0.5) is 5.69 Å². The molecule has 0 aliphatic heterocycles. The largest absolute Gasteiger partial charge is 0.477 e. The highest BCUT2D eigenvalue weighted by atomic mass is 16.4. The van der Waals surface area contributed by atoms with Crippen LogP contribution in [0.5, 0.6) is 0 Å². The van der Waals surface area contributed by atoms with E-state index < -0.39 is 5.97 Å². The SMILES string of the molecule is O=C(C=Cc1cc[nH]c1C(=O)O)Nc1ccccc1. The number of carbonyl (C=O) groups is 2. The molecule has 1 aromatic carbocycles. The fraction of sp³-hybridized carbons (Fsp3) is 0. The quantitative estimate of drug-likeness (QED) is 0.734. The molecule has 5 nitrogen and oxygen atoms in total. The Morgan fingerprint density at radius 2 is 1.89 bits per heavy atom. The summed E-state index contributed by atoms with van der Waals surface area (Å²) in [5, 5.41) is 11.6. The van der Waals surface area contributed by atoms with Crippen LogP contribution >= 0.6 is 0 Å². The standard InChI is InChI=1S/C14H12N2O3/c17-12(16-11-4-2-1-3-5-11)7-6-10-8-9-15-13(10)14(18)19/h1-9,15H,(H,16,17)(H,18,19). The highest BCUT2D eigenvalue weighted by Gasteiger charge is 2.08. The lowest BCUT2D eigenvalue weighted by molar-refractivity contribution is -0.111. The first-order valence-electron chi connectivity index (χ1n) is 5.61. The summed E-state index contributed by atoms with van der Waals surface area (Å²) in [4.78, 5) is 25.1. The first-order chi connectivity index (χ1) is 9.16. The van der Waals surface area contributed by atoms with Crippen molar-refractivity contribution >= 4 is 23.6 Å². The predicted octanol–water partition coefficient (Wildman–Crippen LogP) is 2.36. The number of carboxylic acid groups (broad SMARTS) is 1. The van der Waals surface area contributed by atoms with Gasteiger partial charge in [-0.15, -0.1) is 0 Å². The Morgan fingerprint density at radius 1 is 1.16 bits per heavy atom. The summed E-state index contributed by atoms with van der Waals surface area (Å²) < 4.78 is 0. The molecule has 1 aromatic heterocycles. The third kappa shape index (κ3) is 3.32. The van der Waals surface area contributed by atoms with Crippen LogP contribution in [-0.2, 0) is 4.79 Å². The number of hydrogen-bond donors (Lipinski definition) is 3. The summed E-state index contributed by atoms with van der Waals surface area (Å²) in [5.74, 6) is -1.38. The minimum absolute atomic E-state index is 0.0590. The summed E-state index contributed by atoms with van der Waals surface area (Å²) in [6, 6.07) is 10.6. The molecule has 0 aliphatic rings. The van der Waals surface area contributed by atoms with E-state index in [4.69, 9.17) is 5.11 Å². The van der Waals surface area contributed by atoms with Crippen LogP contribution in [0.25, 0.3) is 6.08 Å². The van der Waals surface area contributed by atoms with Crippen LogP contribution in [0.3, 0.4) is 0 Å². The molecule has 0 aliphatic carbocycles. The number of nitrogens with one attached hydrogen (secondary N) is 2. The Balaban J connectivity index is 2.04. The Labute approximate surface area is 109 Å². The molecule has 0 atom stereocenters. The number of rotatable bonds is 4. The van der Waals surface area contributed by atoms with E-state index in [1.807, 2.05) is 18.2 Å². The maximum absolute atomic E-state index is 11.6. The molecule has 0 fully saturated rings. The summed E-state index contributed by atoms with van der Waals surface area (Å²) in [6.45, 7) is 0. The van der Waals surface area contributed by atoms with Gasteiger partial charge in [-0.25, -0.2) is 4.79 Å². The van der Waals surface area contributed by atoms with E-state index in [1.54, 1.807) is 18.2 Å². The Morgan fingerprint density at radius 3 is 2.58 bits per heavy atom. The Kier molecular flexibility index (Phi) is 3.78. The number of H-pyrrole nitrogens is 1. The number of aromatic nitrogens is 1. The van der Waals surface area contributed by atoms with Gasteiger partial charge in [-0.05, 0) is 24.3 Å². The van der Waals surface area contributed by atoms with Crippen molar-refractivity contribution < 1.29 is 14.7 Å². The first-order valence-corrected chi connectivity index (χ1v) is 5.61. The number of carbonyl (C=O) groups excluding carboxylic acids is 1. The zero-order valence-electron chi connectivity index (χ0n) is 9.96. The lowest BCUT2D eigenvalue weighted by Gasteiger charge is -2.00. The lowest BCUT2D eigenvalue weighted by Crippen LogP contribution is -2.07. The second-order valence-electron chi connectivity index (χ2n) is 3.80. The van der Waals surface area contributed by atoms with Gasteiger partial charge in [0, 0.05) is 23.5 Å². The van der Waals surface area contributed by atoms with Crippen molar-refractivity contribution in [3.8, 4) is 0 Å². The third-order valence-electron chi connectivity index (χ3n) is 2.45. The molecule has 5 heteroatoms. The topological polar surface area (TPSA) is 82.2 Å². The van der Waals surface area contributed by atoms with Gasteiger partial charge in [0.05, 0.1) is 0 Å². The van der Waals surface area contributed by atoms with E-state index in [9.17, 15) is 9.59 Å². The molecule has 0 bridgehead atoms. The van der Waals surface area contributed by atoms with Gasteiger partial charge in [0.1, 0.15) is 5.69 Å². The number of aromatic carboxylic acids is 1. The molecule has 19 heavy (non-hydrogen) atoms. The van der Waals surface area contributed by atoms with Crippen molar-refractivity contribution in [2.45, 2.75) is 0 Å². The van der Waals surface area contributed by atoms with Gasteiger partial charge in [-0.1, -0.05) is 18.2 Å². The maximum Gasteiger partial charge on any atom is 0.352 e. The number of hydrogen-bond acceptors (Lipinski definition) is 2. The molecule has 0 saturated carbocycles. The summed E-state index contributed by atoms with van der Waals surface area (Å²) in [7, 11) is 0. The highest BCUT2D eigenvalue weighted by molar-refractivity contribution is 6.02. The Bertz CT molecular complexity index is 615. The van der Waals surface area contributed by atoms with Crippen LogP contribution in [0.15, 0.2) is 48.7 Å². The molecular formula is C14H12N2O3. The van der Waals surface area contributed by atoms with E-state index in [1.165, 1.54) is 18.3 Å². The first kappa shape index (κ1) is 12.6. The lowest BCUT2D eigenvalue weighted by atomic mass is 10.2. The zero-order chi connectivity index (χ0) is 13.7. The Hall–Kier alpha value is -2.82. The van der Waals surface area contributed by atoms with Gasteiger partial charge in [0.15, 0.2) is 0 Å². The number of para-hydroxylation sites is 1. The molecule has 0 unspecified atom stereocenters. The molecule has 96 valence electrons. The average molecular weight is 256 g/mol. The van der Waals surface area contributed by atoms with Gasteiger partial charge in [0.25, 0.3) is 0 Å². The van der Waals surface area contributed by atoms with Gasteiger partial charge >= 0.3 is 5.97 Å². The van der Waals surface area contributed by atoms with Crippen LogP contribution in [-0.4, -0.2) is 22.0 Å². The van der Waals surface area contributed by atoms with Gasteiger partial charge in [-0.2, -0.15) is 0 Å². The number of carboxylic acids is 1. The number of benzene rings is 1. The van der Waals surface area contributed by atoms with E-state index in [0.717, 1.165) is 0 Å². The van der Waals surface area contributed by atoms with Crippen LogP contribution < -0.4 is 5.32 Å². The fourth-order valence-electron chi connectivity index (χ4n) is 1.58. The fourth-order valence-corrected chi connectivity index (χ4v) is 1.58. The summed E-state index contributed by atoms with van der Waals surface area (Å²) in [5.41, 5.74) is 1.20. The van der Waals surface area contributed by atoms with Crippen molar-refractivity contribution in [2.75, 3.05) is 5.32 Å². The predicted molar refractivity (Wildman–Crippen MR) is 71.9 cm³/mol. The second-order valence-corrected chi connectivity index (χ2v) is 3.80. The molecule has 1 heterocycles. The summed E-state index contributed by atoms with van der Waals surface area (Å²) >= 11 is 0. The second kappa shape index (κ2) is 5.68. The molecule has 0 spiro atoms. The van der Waals surface area contributed by atoms with Crippen LogP contribution in [0, 0.1) is 0 Å². The number of anilines is 1. The highest BCUT2D eigenvalue weighted by Crippen LogP contribution is 2.10.